The van der Waals surface area contributed by atoms with Gasteiger partial charge >= 0.3 is 0 Å². The third-order valence-corrected chi connectivity index (χ3v) is 6.06. The Balaban J connectivity index is 1.35. The van der Waals surface area contributed by atoms with Gasteiger partial charge in [0, 0.05) is 24.6 Å². The Labute approximate surface area is 160 Å². The highest BCUT2D eigenvalue weighted by molar-refractivity contribution is 5.79. The van der Waals surface area contributed by atoms with E-state index in [2.05, 4.69) is 12.1 Å². The molecule has 144 valence electrons. The molecule has 1 fully saturated rings. The first kappa shape index (κ1) is 18.1. The Morgan fingerprint density at radius 3 is 2.67 bits per heavy atom. The van der Waals surface area contributed by atoms with Gasteiger partial charge in [-0.15, -0.1) is 0 Å². The lowest BCUT2D eigenvalue weighted by molar-refractivity contribution is -0.131. The molecule has 1 saturated heterocycles. The standard InChI is InChI=1S/C22H28N2O3/c1-15-3-8-20-19(13-15)22(27-23-20)17-9-11-24(12-10-17)21(25)14-16-4-6-18(26-2)7-5-16/h4-7,15,17H,3,8-14H2,1-2H3/t15-/m1/s1. The van der Waals surface area contributed by atoms with Crippen LogP contribution in [0.25, 0.3) is 0 Å². The highest BCUT2D eigenvalue weighted by atomic mass is 16.5. The number of fused-ring (bicyclic) bond motifs is 1. The normalized spacial score (nSPS) is 20.4. The van der Waals surface area contributed by atoms with E-state index in [0.717, 1.165) is 55.8 Å². The lowest BCUT2D eigenvalue weighted by Crippen LogP contribution is -2.38. The molecule has 2 aromatic rings. The van der Waals surface area contributed by atoms with E-state index >= 15 is 0 Å². The molecule has 1 aliphatic carbocycles. The van der Waals surface area contributed by atoms with Crippen LogP contribution in [0.5, 0.6) is 5.75 Å². The Morgan fingerprint density at radius 1 is 1.22 bits per heavy atom. The van der Waals surface area contributed by atoms with Gasteiger partial charge < -0.3 is 14.2 Å². The van der Waals surface area contributed by atoms with E-state index in [1.807, 2.05) is 29.2 Å². The van der Waals surface area contributed by atoms with Gasteiger partial charge in [0.15, 0.2) is 0 Å². The summed E-state index contributed by atoms with van der Waals surface area (Å²) in [4.78, 5) is 14.6. The molecule has 4 rings (SSSR count). The highest BCUT2D eigenvalue weighted by Crippen LogP contribution is 2.36. The minimum Gasteiger partial charge on any atom is -0.497 e. The number of carbonyl (C=O) groups is 1. The number of piperidine rings is 1. The molecule has 0 spiro atoms. The van der Waals surface area contributed by atoms with Crippen molar-refractivity contribution in [2.24, 2.45) is 5.92 Å². The number of hydrogen-bond donors (Lipinski definition) is 0. The summed E-state index contributed by atoms with van der Waals surface area (Å²) in [7, 11) is 1.65. The van der Waals surface area contributed by atoms with Gasteiger partial charge in [-0.3, -0.25) is 4.79 Å². The molecular formula is C22H28N2O3. The monoisotopic (exact) mass is 368 g/mol. The van der Waals surface area contributed by atoms with Crippen LogP contribution in [0, 0.1) is 5.92 Å². The van der Waals surface area contributed by atoms with Crippen molar-refractivity contribution in [1.29, 1.82) is 0 Å². The van der Waals surface area contributed by atoms with E-state index in [4.69, 9.17) is 9.26 Å². The van der Waals surface area contributed by atoms with Gasteiger partial charge in [-0.2, -0.15) is 0 Å². The van der Waals surface area contributed by atoms with E-state index in [1.54, 1.807) is 7.11 Å². The number of nitrogens with zero attached hydrogens (tertiary/aromatic N) is 2. The maximum Gasteiger partial charge on any atom is 0.226 e. The second kappa shape index (κ2) is 7.75. The second-order valence-corrected chi connectivity index (χ2v) is 8.00. The molecule has 1 aliphatic heterocycles. The smallest absolute Gasteiger partial charge is 0.226 e. The average molecular weight is 368 g/mol. The van der Waals surface area contributed by atoms with Gasteiger partial charge in [0.25, 0.3) is 0 Å². The number of aryl methyl sites for hydroxylation is 1. The van der Waals surface area contributed by atoms with E-state index in [0.29, 0.717) is 18.3 Å². The number of carbonyl (C=O) groups excluding carboxylic acids is 1. The molecule has 1 aromatic carbocycles. The second-order valence-electron chi connectivity index (χ2n) is 8.00. The molecule has 0 bridgehead atoms. The number of aromatic nitrogens is 1. The van der Waals surface area contributed by atoms with Crippen LogP contribution in [0.15, 0.2) is 28.8 Å². The van der Waals surface area contributed by atoms with Crippen molar-refractivity contribution in [3.8, 4) is 5.75 Å². The summed E-state index contributed by atoms with van der Waals surface area (Å²) in [6.07, 6.45) is 5.71. The van der Waals surface area contributed by atoms with E-state index in [1.165, 1.54) is 17.7 Å². The van der Waals surface area contributed by atoms with Crippen LogP contribution in [-0.4, -0.2) is 36.2 Å². The SMILES string of the molecule is COc1ccc(CC(=O)N2CCC(c3onc4c3C[C@H](C)CC4)CC2)cc1. The molecule has 2 heterocycles. The third kappa shape index (κ3) is 3.87. The molecule has 0 radical (unpaired) electrons. The van der Waals surface area contributed by atoms with Crippen LogP contribution in [-0.2, 0) is 24.1 Å². The summed E-state index contributed by atoms with van der Waals surface area (Å²) >= 11 is 0. The first-order valence-corrected chi connectivity index (χ1v) is 10.0. The quantitative estimate of drug-likeness (QED) is 0.825. The predicted octanol–water partition coefficient (Wildman–Crippen LogP) is 3.76. The third-order valence-electron chi connectivity index (χ3n) is 6.06. The first-order chi connectivity index (χ1) is 13.1. The van der Waals surface area contributed by atoms with Gasteiger partial charge in [0.2, 0.25) is 5.91 Å². The topological polar surface area (TPSA) is 55.6 Å². The van der Waals surface area contributed by atoms with E-state index in [-0.39, 0.29) is 5.91 Å². The Morgan fingerprint density at radius 2 is 1.96 bits per heavy atom. The number of rotatable bonds is 4. The molecule has 1 amide bonds. The minimum absolute atomic E-state index is 0.201. The van der Waals surface area contributed by atoms with E-state index < -0.39 is 0 Å². The summed E-state index contributed by atoms with van der Waals surface area (Å²) in [6, 6.07) is 7.74. The van der Waals surface area contributed by atoms with Crippen LogP contribution in [0.4, 0.5) is 0 Å². The molecular weight excluding hydrogens is 340 g/mol. The number of ether oxygens (including phenoxy) is 1. The summed E-state index contributed by atoms with van der Waals surface area (Å²) in [6.45, 7) is 3.90. The van der Waals surface area contributed by atoms with Crippen LogP contribution in [0.2, 0.25) is 0 Å². The summed E-state index contributed by atoms with van der Waals surface area (Å²) in [5, 5.41) is 4.32. The van der Waals surface area contributed by atoms with Crippen LogP contribution in [0.3, 0.4) is 0 Å². The van der Waals surface area contributed by atoms with Gasteiger partial charge in [0.05, 0.1) is 19.2 Å². The summed E-state index contributed by atoms with van der Waals surface area (Å²) in [5.74, 6) is 3.22. The zero-order valence-corrected chi connectivity index (χ0v) is 16.2. The number of benzene rings is 1. The molecule has 2 aliphatic rings. The Bertz CT molecular complexity index is 788. The molecule has 5 nitrogen and oxygen atoms in total. The fourth-order valence-corrected chi connectivity index (χ4v) is 4.35. The zero-order chi connectivity index (χ0) is 18.8. The maximum absolute atomic E-state index is 12.6. The van der Waals surface area contributed by atoms with Crippen molar-refractivity contribution in [3.05, 3.63) is 46.8 Å². The number of methoxy groups -OCH3 is 1. The van der Waals surface area contributed by atoms with Crippen molar-refractivity contribution in [1.82, 2.24) is 10.1 Å². The van der Waals surface area contributed by atoms with Crippen molar-refractivity contribution in [2.45, 2.75) is 51.4 Å². The van der Waals surface area contributed by atoms with Crippen LogP contribution >= 0.6 is 0 Å². The summed E-state index contributed by atoms with van der Waals surface area (Å²) < 4.78 is 10.9. The van der Waals surface area contributed by atoms with Crippen LogP contribution in [0.1, 0.15) is 54.7 Å². The van der Waals surface area contributed by atoms with Crippen LogP contribution < -0.4 is 4.74 Å². The van der Waals surface area contributed by atoms with Gasteiger partial charge in [-0.05, 0) is 55.7 Å². The first-order valence-electron chi connectivity index (χ1n) is 10.0. The molecule has 0 saturated carbocycles. The maximum atomic E-state index is 12.6. The van der Waals surface area contributed by atoms with Gasteiger partial charge in [-0.25, -0.2) is 0 Å². The van der Waals surface area contributed by atoms with Crippen molar-refractivity contribution < 1.29 is 14.1 Å². The molecule has 0 unspecified atom stereocenters. The molecule has 1 aromatic heterocycles. The largest absolute Gasteiger partial charge is 0.497 e. The van der Waals surface area contributed by atoms with E-state index in [9.17, 15) is 4.79 Å². The molecule has 5 heteroatoms. The zero-order valence-electron chi connectivity index (χ0n) is 16.2. The predicted molar refractivity (Wildman–Crippen MR) is 103 cm³/mol. The van der Waals surface area contributed by atoms with Crippen molar-refractivity contribution in [3.63, 3.8) is 0 Å². The average Bonchev–Trinajstić information content (AvgIpc) is 3.11. The Kier molecular flexibility index (Phi) is 5.19. The Hall–Kier alpha value is -2.30. The molecule has 1 atom stereocenters. The highest BCUT2D eigenvalue weighted by Gasteiger charge is 2.31. The lowest BCUT2D eigenvalue weighted by atomic mass is 9.83. The molecule has 0 N–H and O–H groups in total. The van der Waals surface area contributed by atoms with Gasteiger partial charge in [-0.1, -0.05) is 24.2 Å². The fraction of sp³-hybridized carbons (Fsp3) is 0.545. The van der Waals surface area contributed by atoms with Crippen molar-refractivity contribution in [2.75, 3.05) is 20.2 Å². The number of hydrogen-bond acceptors (Lipinski definition) is 4. The minimum atomic E-state index is 0.201. The van der Waals surface area contributed by atoms with Gasteiger partial charge in [0.1, 0.15) is 11.5 Å². The number of likely N-dealkylation sites (tertiary alicyclic amines) is 1. The summed E-state index contributed by atoms with van der Waals surface area (Å²) in [5.41, 5.74) is 3.55. The fourth-order valence-electron chi connectivity index (χ4n) is 4.35. The van der Waals surface area contributed by atoms with Crippen molar-refractivity contribution >= 4 is 5.91 Å². The lowest BCUT2D eigenvalue weighted by Gasteiger charge is -2.31. The number of amides is 1. The molecule has 27 heavy (non-hydrogen) atoms.